The van der Waals surface area contributed by atoms with Crippen LogP contribution in [-0.4, -0.2) is 6.61 Å². The molecule has 0 heterocycles. The molecule has 0 aliphatic heterocycles. The maximum atomic E-state index is 8.92. The first-order valence-corrected chi connectivity index (χ1v) is 6.26. The van der Waals surface area contributed by atoms with Crippen LogP contribution in [-0.2, 0) is 0 Å². The molecule has 0 saturated carbocycles. The molecule has 3 heteroatoms. The number of anilines is 1. The van der Waals surface area contributed by atoms with E-state index in [1.165, 1.54) is 0 Å². The number of nitrogens with two attached hydrogens (primary N) is 1. The van der Waals surface area contributed by atoms with Crippen LogP contribution in [0, 0.1) is 30.6 Å². The minimum absolute atomic E-state index is 0.268. The number of nitriles is 1. The molecule has 0 bridgehead atoms. The second kappa shape index (κ2) is 5.77. The first-order chi connectivity index (χ1) is 8.35. The molecule has 0 aliphatic carbocycles. The van der Waals surface area contributed by atoms with Gasteiger partial charge in [0.25, 0.3) is 0 Å². The highest BCUT2D eigenvalue weighted by molar-refractivity contribution is 5.53. The lowest BCUT2D eigenvalue weighted by molar-refractivity contribution is 0.282. The molecule has 0 fully saturated rings. The van der Waals surface area contributed by atoms with Gasteiger partial charge in [-0.05, 0) is 63.8 Å². The van der Waals surface area contributed by atoms with E-state index in [0.29, 0.717) is 6.61 Å². The first kappa shape index (κ1) is 14.4. The SMILES string of the molecule is Cc1cc(OCCCC(C)(C)C#N)c(C)cc1N. The highest BCUT2D eigenvalue weighted by Crippen LogP contribution is 2.25. The van der Waals surface area contributed by atoms with E-state index in [1.807, 2.05) is 39.8 Å². The maximum absolute atomic E-state index is 8.92. The summed E-state index contributed by atoms with van der Waals surface area (Å²) in [7, 11) is 0. The Bertz CT molecular complexity index is 458. The Kier molecular flexibility index (Phi) is 4.61. The molecule has 0 spiro atoms. The number of nitrogen functional groups attached to an aromatic ring is 1. The third-order valence-electron chi connectivity index (χ3n) is 3.07. The van der Waals surface area contributed by atoms with Crippen molar-refractivity contribution in [2.24, 2.45) is 5.41 Å². The van der Waals surface area contributed by atoms with Gasteiger partial charge in [-0.2, -0.15) is 5.26 Å². The fourth-order valence-corrected chi connectivity index (χ4v) is 1.72. The van der Waals surface area contributed by atoms with Crippen molar-refractivity contribution >= 4 is 5.69 Å². The van der Waals surface area contributed by atoms with E-state index < -0.39 is 0 Å². The number of hydrogen-bond acceptors (Lipinski definition) is 3. The number of nitrogens with zero attached hydrogens (tertiary/aromatic N) is 1. The van der Waals surface area contributed by atoms with Crippen LogP contribution in [0.3, 0.4) is 0 Å². The summed E-state index contributed by atoms with van der Waals surface area (Å²) in [6, 6.07) is 6.20. The van der Waals surface area contributed by atoms with Crippen LogP contribution in [0.4, 0.5) is 5.69 Å². The van der Waals surface area contributed by atoms with Gasteiger partial charge in [-0.25, -0.2) is 0 Å². The van der Waals surface area contributed by atoms with E-state index in [2.05, 4.69) is 6.07 Å². The average molecular weight is 246 g/mol. The summed E-state index contributed by atoms with van der Waals surface area (Å²) in [5, 5.41) is 8.92. The Morgan fingerprint density at radius 1 is 1.28 bits per heavy atom. The molecule has 1 rings (SSSR count). The molecule has 98 valence electrons. The largest absolute Gasteiger partial charge is 0.493 e. The van der Waals surface area contributed by atoms with E-state index in [-0.39, 0.29) is 5.41 Å². The predicted molar refractivity (Wildman–Crippen MR) is 74.5 cm³/mol. The quantitative estimate of drug-likeness (QED) is 0.638. The number of hydrogen-bond donors (Lipinski definition) is 1. The molecular formula is C15H22N2O. The molecular weight excluding hydrogens is 224 g/mol. The van der Waals surface area contributed by atoms with Crippen molar-refractivity contribution in [3.63, 3.8) is 0 Å². The molecule has 0 saturated heterocycles. The van der Waals surface area contributed by atoms with Crippen LogP contribution in [0.1, 0.15) is 37.8 Å². The van der Waals surface area contributed by atoms with Crippen LogP contribution in [0.2, 0.25) is 0 Å². The molecule has 0 aromatic heterocycles. The molecule has 1 aromatic rings. The van der Waals surface area contributed by atoms with Crippen LogP contribution >= 0.6 is 0 Å². The molecule has 2 N–H and O–H groups in total. The summed E-state index contributed by atoms with van der Waals surface area (Å²) in [6.07, 6.45) is 1.72. The molecule has 0 unspecified atom stereocenters. The fourth-order valence-electron chi connectivity index (χ4n) is 1.72. The molecule has 18 heavy (non-hydrogen) atoms. The lowest BCUT2D eigenvalue weighted by atomic mass is 9.90. The monoisotopic (exact) mass is 246 g/mol. The summed E-state index contributed by atoms with van der Waals surface area (Å²) in [4.78, 5) is 0. The van der Waals surface area contributed by atoms with E-state index in [1.54, 1.807) is 0 Å². The Morgan fingerprint density at radius 2 is 1.94 bits per heavy atom. The summed E-state index contributed by atoms with van der Waals surface area (Å²) in [5.41, 5.74) is 8.44. The summed E-state index contributed by atoms with van der Waals surface area (Å²) < 4.78 is 5.75. The smallest absolute Gasteiger partial charge is 0.122 e. The average Bonchev–Trinajstić information content (AvgIpc) is 2.31. The van der Waals surface area contributed by atoms with E-state index in [4.69, 9.17) is 15.7 Å². The third kappa shape index (κ3) is 3.96. The Hall–Kier alpha value is -1.69. The van der Waals surface area contributed by atoms with Gasteiger partial charge >= 0.3 is 0 Å². The van der Waals surface area contributed by atoms with Crippen molar-refractivity contribution in [1.29, 1.82) is 5.26 Å². The minimum atomic E-state index is -0.268. The Labute approximate surface area is 110 Å². The standard InChI is InChI=1S/C15H22N2O/c1-11-9-14(12(2)8-13(11)17)18-7-5-6-15(3,4)10-16/h8-9H,5-7,17H2,1-4H3. The van der Waals surface area contributed by atoms with Crippen LogP contribution in [0.15, 0.2) is 12.1 Å². The molecule has 0 aliphatic rings. The third-order valence-corrected chi connectivity index (χ3v) is 3.07. The lowest BCUT2D eigenvalue weighted by Gasteiger charge is -2.16. The van der Waals surface area contributed by atoms with E-state index >= 15 is 0 Å². The van der Waals surface area contributed by atoms with Gasteiger partial charge in [0.15, 0.2) is 0 Å². The van der Waals surface area contributed by atoms with Gasteiger partial charge in [0.1, 0.15) is 5.75 Å². The molecule has 0 radical (unpaired) electrons. The fraction of sp³-hybridized carbons (Fsp3) is 0.533. The van der Waals surface area contributed by atoms with Crippen molar-refractivity contribution in [3.8, 4) is 11.8 Å². The summed E-state index contributed by atoms with van der Waals surface area (Å²) >= 11 is 0. The number of benzene rings is 1. The number of aryl methyl sites for hydroxylation is 2. The van der Waals surface area contributed by atoms with Crippen molar-refractivity contribution < 1.29 is 4.74 Å². The van der Waals surface area contributed by atoms with Crippen molar-refractivity contribution in [2.75, 3.05) is 12.3 Å². The number of rotatable bonds is 5. The first-order valence-electron chi connectivity index (χ1n) is 6.26. The lowest BCUT2D eigenvalue weighted by Crippen LogP contribution is -2.10. The zero-order chi connectivity index (χ0) is 13.8. The normalized spacial score (nSPS) is 11.1. The van der Waals surface area contributed by atoms with Crippen LogP contribution < -0.4 is 10.5 Å². The van der Waals surface area contributed by atoms with Gasteiger partial charge in [-0.1, -0.05) is 0 Å². The Morgan fingerprint density at radius 3 is 2.56 bits per heavy atom. The number of ether oxygens (including phenoxy) is 1. The Balaban J connectivity index is 2.50. The van der Waals surface area contributed by atoms with Gasteiger partial charge in [-0.15, -0.1) is 0 Å². The second-order valence-corrected chi connectivity index (χ2v) is 5.42. The van der Waals surface area contributed by atoms with Gasteiger partial charge in [-0.3, -0.25) is 0 Å². The predicted octanol–water partition coefficient (Wildman–Crippen LogP) is 3.59. The molecule has 0 atom stereocenters. The topological polar surface area (TPSA) is 59.0 Å². The van der Waals surface area contributed by atoms with Crippen molar-refractivity contribution in [2.45, 2.75) is 40.5 Å². The minimum Gasteiger partial charge on any atom is -0.493 e. The molecule has 3 nitrogen and oxygen atoms in total. The highest BCUT2D eigenvalue weighted by Gasteiger charge is 2.15. The maximum Gasteiger partial charge on any atom is 0.122 e. The van der Waals surface area contributed by atoms with Gasteiger partial charge in [0.05, 0.1) is 18.1 Å². The van der Waals surface area contributed by atoms with Crippen molar-refractivity contribution in [1.82, 2.24) is 0 Å². The zero-order valence-electron chi connectivity index (χ0n) is 11.7. The van der Waals surface area contributed by atoms with E-state index in [0.717, 1.165) is 35.4 Å². The van der Waals surface area contributed by atoms with Gasteiger partial charge < -0.3 is 10.5 Å². The second-order valence-electron chi connectivity index (χ2n) is 5.42. The summed E-state index contributed by atoms with van der Waals surface area (Å²) in [5.74, 6) is 0.886. The summed E-state index contributed by atoms with van der Waals surface area (Å²) in [6.45, 7) is 8.50. The van der Waals surface area contributed by atoms with Gasteiger partial charge in [0, 0.05) is 5.69 Å². The van der Waals surface area contributed by atoms with Gasteiger partial charge in [0.2, 0.25) is 0 Å². The van der Waals surface area contributed by atoms with Crippen LogP contribution in [0.5, 0.6) is 5.75 Å². The van der Waals surface area contributed by atoms with Crippen LogP contribution in [0.25, 0.3) is 0 Å². The van der Waals surface area contributed by atoms with Crippen molar-refractivity contribution in [3.05, 3.63) is 23.3 Å². The zero-order valence-corrected chi connectivity index (χ0v) is 11.7. The molecule has 0 amide bonds. The van der Waals surface area contributed by atoms with E-state index in [9.17, 15) is 0 Å². The highest BCUT2D eigenvalue weighted by atomic mass is 16.5. The molecule has 1 aromatic carbocycles.